The molecule has 3 aromatic rings. The maximum Gasteiger partial charge on any atom is 0.407 e. The molecule has 2 aromatic carbocycles. The van der Waals surface area contributed by atoms with Gasteiger partial charge in [0.05, 0.1) is 10.7 Å². The highest BCUT2D eigenvalue weighted by atomic mass is 35.5. The lowest BCUT2D eigenvalue weighted by Crippen LogP contribution is -2.37. The van der Waals surface area contributed by atoms with E-state index < -0.39 is 6.09 Å². The molecule has 1 aliphatic heterocycles. The maximum absolute atomic E-state index is 12.8. The zero-order valence-electron chi connectivity index (χ0n) is 19.7. The molecule has 1 fully saturated rings. The molecule has 1 saturated heterocycles. The largest absolute Gasteiger partial charge is 0.445 e. The summed E-state index contributed by atoms with van der Waals surface area (Å²) in [7, 11) is 0. The predicted molar refractivity (Wildman–Crippen MR) is 138 cm³/mol. The molecule has 35 heavy (non-hydrogen) atoms. The molecule has 0 radical (unpaired) electrons. The first-order chi connectivity index (χ1) is 17.1. The van der Waals surface area contributed by atoms with Crippen LogP contribution in [-0.2, 0) is 16.1 Å². The van der Waals surface area contributed by atoms with Gasteiger partial charge >= 0.3 is 6.09 Å². The van der Waals surface area contributed by atoms with Gasteiger partial charge in [-0.2, -0.15) is 0 Å². The predicted octanol–water partition coefficient (Wildman–Crippen LogP) is 5.89. The molecule has 0 spiro atoms. The lowest BCUT2D eigenvalue weighted by Gasteiger charge is -2.34. The van der Waals surface area contributed by atoms with E-state index in [0.717, 1.165) is 48.3 Å². The van der Waals surface area contributed by atoms with Crippen LogP contribution in [0.2, 0.25) is 5.02 Å². The molecule has 1 N–H and O–H groups in total. The maximum atomic E-state index is 12.8. The number of Topliss-reactive ketones (excluding diaryl/α,β-unsaturated/α-hetero) is 1. The van der Waals surface area contributed by atoms with Crippen LogP contribution in [0.15, 0.2) is 73.1 Å². The number of pyridine rings is 1. The summed E-state index contributed by atoms with van der Waals surface area (Å²) in [5.41, 5.74) is 4.00. The summed E-state index contributed by atoms with van der Waals surface area (Å²) in [6, 6.07) is 19.6. The Morgan fingerprint density at radius 3 is 2.40 bits per heavy atom. The number of hydrogen-bond acceptors (Lipinski definition) is 5. The zero-order chi connectivity index (χ0) is 24.5. The van der Waals surface area contributed by atoms with Crippen molar-refractivity contribution in [2.75, 3.05) is 24.5 Å². The third kappa shape index (κ3) is 6.83. The van der Waals surface area contributed by atoms with Crippen molar-refractivity contribution in [1.29, 1.82) is 0 Å². The Kier molecular flexibility index (Phi) is 8.74. The highest BCUT2D eigenvalue weighted by Gasteiger charge is 2.27. The van der Waals surface area contributed by atoms with Gasteiger partial charge in [0.2, 0.25) is 0 Å². The molecule has 0 saturated carbocycles. The number of ether oxygens (including phenoxy) is 1. The summed E-state index contributed by atoms with van der Waals surface area (Å²) in [4.78, 5) is 31.2. The number of carbonyl (C=O) groups is 2. The zero-order valence-corrected chi connectivity index (χ0v) is 20.4. The number of nitrogens with zero attached hydrogens (tertiary/aromatic N) is 2. The summed E-state index contributed by atoms with van der Waals surface area (Å²) in [6.45, 7) is 2.19. The Balaban J connectivity index is 1.21. The molecule has 1 aromatic heterocycles. The molecule has 0 atom stereocenters. The van der Waals surface area contributed by atoms with Crippen molar-refractivity contribution in [1.82, 2.24) is 10.3 Å². The third-order valence-electron chi connectivity index (χ3n) is 6.31. The minimum Gasteiger partial charge on any atom is -0.445 e. The monoisotopic (exact) mass is 491 g/mol. The van der Waals surface area contributed by atoms with Crippen molar-refractivity contribution in [3.63, 3.8) is 0 Å². The van der Waals surface area contributed by atoms with Gasteiger partial charge in [-0.3, -0.25) is 9.78 Å². The van der Waals surface area contributed by atoms with E-state index in [4.69, 9.17) is 16.3 Å². The van der Waals surface area contributed by atoms with Crippen molar-refractivity contribution in [2.45, 2.75) is 32.3 Å². The summed E-state index contributed by atoms with van der Waals surface area (Å²) in [6.07, 6.45) is 5.71. The normalized spacial score (nSPS) is 13.9. The van der Waals surface area contributed by atoms with Crippen LogP contribution in [-0.4, -0.2) is 36.5 Å². The number of halogens is 1. The molecule has 0 bridgehead atoms. The molecule has 7 heteroatoms. The summed E-state index contributed by atoms with van der Waals surface area (Å²) >= 11 is 6.56. The van der Waals surface area contributed by atoms with Crippen molar-refractivity contribution in [3.8, 4) is 11.1 Å². The van der Waals surface area contributed by atoms with Crippen molar-refractivity contribution in [2.24, 2.45) is 5.92 Å². The average molecular weight is 492 g/mol. The minimum atomic E-state index is -0.460. The Hall–Kier alpha value is -3.38. The second-order valence-corrected chi connectivity index (χ2v) is 9.11. The number of rotatable bonds is 9. The van der Waals surface area contributed by atoms with Gasteiger partial charge in [0.25, 0.3) is 0 Å². The van der Waals surface area contributed by atoms with E-state index in [9.17, 15) is 9.59 Å². The molecular formula is C28H30ClN3O3. The van der Waals surface area contributed by atoms with Gasteiger partial charge in [-0.05, 0) is 30.4 Å². The second kappa shape index (κ2) is 12.4. The van der Waals surface area contributed by atoms with E-state index in [2.05, 4.69) is 27.3 Å². The van der Waals surface area contributed by atoms with Crippen LogP contribution in [0.5, 0.6) is 0 Å². The molecule has 4 rings (SSSR count). The van der Waals surface area contributed by atoms with Crippen LogP contribution in [0.4, 0.5) is 10.5 Å². The SMILES string of the molecule is O=C(NCCCC(=O)C1CCN(c2c(Cl)cncc2-c2ccccc2)CC1)OCc1ccccc1. The van der Waals surface area contributed by atoms with Crippen molar-refractivity contribution >= 4 is 29.2 Å². The minimum absolute atomic E-state index is 0.0390. The van der Waals surface area contributed by atoms with E-state index in [1.807, 2.05) is 54.7 Å². The van der Waals surface area contributed by atoms with E-state index in [-0.39, 0.29) is 18.3 Å². The Labute approximate surface area is 211 Å². The number of aromatic nitrogens is 1. The number of anilines is 1. The highest BCUT2D eigenvalue weighted by Crippen LogP contribution is 2.38. The second-order valence-electron chi connectivity index (χ2n) is 8.70. The van der Waals surface area contributed by atoms with Gasteiger partial charge in [-0.15, -0.1) is 0 Å². The number of amides is 1. The van der Waals surface area contributed by atoms with Gasteiger partial charge in [-0.1, -0.05) is 72.3 Å². The van der Waals surface area contributed by atoms with Gasteiger partial charge in [0.15, 0.2) is 0 Å². The highest BCUT2D eigenvalue weighted by molar-refractivity contribution is 6.33. The van der Waals surface area contributed by atoms with E-state index in [0.29, 0.717) is 24.4 Å². The quantitative estimate of drug-likeness (QED) is 0.377. The molecule has 0 aliphatic carbocycles. The lowest BCUT2D eigenvalue weighted by molar-refractivity contribution is -0.123. The van der Waals surface area contributed by atoms with Crippen LogP contribution in [0, 0.1) is 5.92 Å². The van der Waals surface area contributed by atoms with Crippen LogP contribution < -0.4 is 10.2 Å². The summed E-state index contributed by atoms with van der Waals surface area (Å²) in [5, 5.41) is 3.35. The smallest absolute Gasteiger partial charge is 0.407 e. The molecule has 2 heterocycles. The number of hydrogen-bond donors (Lipinski definition) is 1. The standard InChI is InChI=1S/C28H30ClN3O3/c29-25-19-30-18-24(22-10-5-2-6-11-22)27(25)32-16-13-23(14-17-32)26(33)12-7-15-31-28(34)35-20-21-8-3-1-4-9-21/h1-6,8-11,18-19,23H,7,12-17,20H2,(H,31,34). The number of ketones is 1. The van der Waals surface area contributed by atoms with E-state index >= 15 is 0 Å². The number of piperidine rings is 1. The number of benzene rings is 2. The van der Waals surface area contributed by atoms with Gasteiger partial charge < -0.3 is 15.0 Å². The number of carbonyl (C=O) groups excluding carboxylic acids is 2. The molecule has 1 aliphatic rings. The van der Waals surface area contributed by atoms with E-state index in [1.165, 1.54) is 0 Å². The molecule has 182 valence electrons. The average Bonchev–Trinajstić information content (AvgIpc) is 2.91. The van der Waals surface area contributed by atoms with Crippen LogP contribution >= 0.6 is 11.6 Å². The van der Waals surface area contributed by atoms with Gasteiger partial charge in [0.1, 0.15) is 12.4 Å². The lowest BCUT2D eigenvalue weighted by atomic mass is 9.89. The van der Waals surface area contributed by atoms with Crippen LogP contribution in [0.3, 0.4) is 0 Å². The van der Waals surface area contributed by atoms with Crippen LogP contribution in [0.1, 0.15) is 31.2 Å². The van der Waals surface area contributed by atoms with Crippen LogP contribution in [0.25, 0.3) is 11.1 Å². The van der Waals surface area contributed by atoms with Crippen molar-refractivity contribution < 1.29 is 14.3 Å². The first-order valence-electron chi connectivity index (χ1n) is 12.0. The molecule has 0 unspecified atom stereocenters. The fourth-order valence-corrected chi connectivity index (χ4v) is 4.71. The van der Waals surface area contributed by atoms with Crippen molar-refractivity contribution in [3.05, 3.63) is 83.6 Å². The Bertz CT molecular complexity index is 1120. The first kappa shape index (κ1) is 24.7. The van der Waals surface area contributed by atoms with Gasteiger partial charge in [0, 0.05) is 49.9 Å². The molecule has 6 nitrogen and oxygen atoms in total. The van der Waals surface area contributed by atoms with Gasteiger partial charge in [-0.25, -0.2) is 4.79 Å². The first-order valence-corrected chi connectivity index (χ1v) is 12.4. The Morgan fingerprint density at radius 1 is 1.00 bits per heavy atom. The fourth-order valence-electron chi connectivity index (χ4n) is 4.43. The topological polar surface area (TPSA) is 71.5 Å². The third-order valence-corrected chi connectivity index (χ3v) is 6.58. The summed E-state index contributed by atoms with van der Waals surface area (Å²) < 4.78 is 5.20. The molecule has 1 amide bonds. The fraction of sp³-hybridized carbons (Fsp3) is 0.321. The number of nitrogens with one attached hydrogen (secondary N) is 1. The van der Waals surface area contributed by atoms with E-state index in [1.54, 1.807) is 6.20 Å². The molecular weight excluding hydrogens is 462 g/mol. The summed E-state index contributed by atoms with van der Waals surface area (Å²) in [5.74, 6) is 0.297. The Morgan fingerprint density at radius 2 is 1.69 bits per heavy atom. The number of alkyl carbamates (subject to hydrolysis) is 1.